The van der Waals surface area contributed by atoms with Crippen molar-refractivity contribution in [3.63, 3.8) is 0 Å². The third-order valence-corrected chi connectivity index (χ3v) is 2.17. The van der Waals surface area contributed by atoms with Crippen LogP contribution in [0.1, 0.15) is 10.4 Å². The first-order valence-electron chi connectivity index (χ1n) is 4.39. The Morgan fingerprint density at radius 1 is 1.40 bits per heavy atom. The fraction of sp³-hybridized carbons (Fsp3) is 0.0909. The minimum absolute atomic E-state index is 0.107. The zero-order chi connectivity index (χ0) is 10.8. The zero-order valence-electron chi connectivity index (χ0n) is 8.10. The number of ether oxygens (including phenoxy) is 1. The van der Waals surface area contributed by atoms with Crippen molar-refractivity contribution in [1.82, 2.24) is 4.98 Å². The maximum Gasteiger partial charge on any atom is 0.344 e. The lowest BCUT2D eigenvalue weighted by molar-refractivity contribution is 0.0599. The van der Waals surface area contributed by atoms with E-state index in [0.29, 0.717) is 5.39 Å². The second kappa shape index (κ2) is 3.57. The minimum Gasteiger partial charge on any atom is -0.493 e. The highest BCUT2D eigenvalue weighted by Gasteiger charge is 2.16. The van der Waals surface area contributed by atoms with E-state index in [1.165, 1.54) is 13.3 Å². The van der Waals surface area contributed by atoms with Crippen LogP contribution in [0.5, 0.6) is 5.88 Å². The second-order valence-corrected chi connectivity index (χ2v) is 3.04. The zero-order valence-corrected chi connectivity index (χ0v) is 8.10. The molecule has 4 heteroatoms. The molecule has 1 N–H and O–H groups in total. The molecule has 0 bridgehead atoms. The summed E-state index contributed by atoms with van der Waals surface area (Å²) in [7, 11) is 1.27. The molecule has 0 atom stereocenters. The Bertz CT molecular complexity index is 522. The molecule has 0 aliphatic rings. The van der Waals surface area contributed by atoms with Crippen molar-refractivity contribution in [2.75, 3.05) is 7.11 Å². The number of hydrogen-bond donors (Lipinski definition) is 1. The quantitative estimate of drug-likeness (QED) is 0.717. The van der Waals surface area contributed by atoms with Crippen LogP contribution in [0.2, 0.25) is 0 Å². The fourth-order valence-corrected chi connectivity index (χ4v) is 1.46. The van der Waals surface area contributed by atoms with Gasteiger partial charge in [-0.3, -0.25) is 0 Å². The SMILES string of the molecule is COC(=O)c1c(O)ncc2ccccc12. The van der Waals surface area contributed by atoms with E-state index in [4.69, 9.17) is 0 Å². The summed E-state index contributed by atoms with van der Waals surface area (Å²) in [5, 5.41) is 10.9. The van der Waals surface area contributed by atoms with Crippen LogP contribution in [0.25, 0.3) is 10.8 Å². The van der Waals surface area contributed by atoms with Crippen molar-refractivity contribution in [2.24, 2.45) is 0 Å². The van der Waals surface area contributed by atoms with Gasteiger partial charge in [-0.15, -0.1) is 0 Å². The van der Waals surface area contributed by atoms with Gasteiger partial charge in [0.1, 0.15) is 5.56 Å². The largest absolute Gasteiger partial charge is 0.493 e. The number of pyridine rings is 1. The molecule has 0 amide bonds. The van der Waals surface area contributed by atoms with E-state index in [2.05, 4.69) is 9.72 Å². The van der Waals surface area contributed by atoms with Crippen LogP contribution in [-0.4, -0.2) is 23.2 Å². The predicted octanol–water partition coefficient (Wildman–Crippen LogP) is 1.73. The van der Waals surface area contributed by atoms with Gasteiger partial charge in [0.05, 0.1) is 7.11 Å². The van der Waals surface area contributed by atoms with Crippen LogP contribution >= 0.6 is 0 Å². The lowest BCUT2D eigenvalue weighted by Crippen LogP contribution is -2.03. The van der Waals surface area contributed by atoms with Crippen LogP contribution in [0.4, 0.5) is 0 Å². The minimum atomic E-state index is -0.586. The first kappa shape index (κ1) is 9.45. The summed E-state index contributed by atoms with van der Waals surface area (Å²) in [5.74, 6) is -0.891. The monoisotopic (exact) mass is 203 g/mol. The molecule has 0 saturated carbocycles. The summed E-state index contributed by atoms with van der Waals surface area (Å²) >= 11 is 0. The molecule has 0 spiro atoms. The van der Waals surface area contributed by atoms with Gasteiger partial charge >= 0.3 is 5.97 Å². The maximum absolute atomic E-state index is 11.4. The Hall–Kier alpha value is -2.10. The molecule has 4 nitrogen and oxygen atoms in total. The Kier molecular flexibility index (Phi) is 2.25. The smallest absolute Gasteiger partial charge is 0.344 e. The van der Waals surface area contributed by atoms with E-state index in [-0.39, 0.29) is 11.4 Å². The molecule has 0 radical (unpaired) electrons. The summed E-state index contributed by atoms with van der Waals surface area (Å²) < 4.78 is 4.59. The molecule has 1 heterocycles. The molecule has 1 aromatic carbocycles. The first-order valence-corrected chi connectivity index (χ1v) is 4.39. The highest BCUT2D eigenvalue weighted by atomic mass is 16.5. The molecule has 2 rings (SSSR count). The van der Waals surface area contributed by atoms with Gasteiger partial charge in [-0.25, -0.2) is 9.78 Å². The van der Waals surface area contributed by atoms with E-state index >= 15 is 0 Å². The summed E-state index contributed by atoms with van der Waals surface area (Å²) in [4.78, 5) is 15.2. The average Bonchev–Trinajstić information content (AvgIpc) is 2.28. The topological polar surface area (TPSA) is 59.4 Å². The van der Waals surface area contributed by atoms with Crippen molar-refractivity contribution in [1.29, 1.82) is 0 Å². The summed E-state index contributed by atoms with van der Waals surface area (Å²) in [5.41, 5.74) is 0.107. The van der Waals surface area contributed by atoms with Gasteiger partial charge in [-0.05, 0) is 0 Å². The van der Waals surface area contributed by atoms with Crippen LogP contribution in [0, 0.1) is 0 Å². The van der Waals surface area contributed by atoms with Crippen LogP contribution < -0.4 is 0 Å². The summed E-state index contributed by atoms with van der Waals surface area (Å²) in [6.07, 6.45) is 1.51. The molecule has 0 saturated heterocycles. The third-order valence-electron chi connectivity index (χ3n) is 2.17. The number of benzene rings is 1. The number of fused-ring (bicyclic) bond motifs is 1. The van der Waals surface area contributed by atoms with E-state index in [0.717, 1.165) is 5.39 Å². The predicted molar refractivity (Wildman–Crippen MR) is 54.7 cm³/mol. The molecular formula is C11H9NO3. The average molecular weight is 203 g/mol. The van der Waals surface area contributed by atoms with Gasteiger partial charge in [0.2, 0.25) is 5.88 Å². The lowest BCUT2D eigenvalue weighted by atomic mass is 10.1. The highest BCUT2D eigenvalue weighted by molar-refractivity contribution is 6.05. The molecule has 0 aliphatic heterocycles. The Morgan fingerprint density at radius 3 is 2.87 bits per heavy atom. The van der Waals surface area contributed by atoms with Gasteiger partial charge in [0.25, 0.3) is 0 Å². The number of aromatic nitrogens is 1. The first-order chi connectivity index (χ1) is 7.24. The fourth-order valence-electron chi connectivity index (χ4n) is 1.46. The highest BCUT2D eigenvalue weighted by Crippen LogP contribution is 2.24. The maximum atomic E-state index is 11.4. The molecule has 0 fully saturated rings. The van der Waals surface area contributed by atoms with Crippen molar-refractivity contribution in [3.05, 3.63) is 36.0 Å². The molecule has 1 aromatic heterocycles. The number of methoxy groups -OCH3 is 1. The number of carbonyl (C=O) groups excluding carboxylic acids is 1. The molecule has 0 aliphatic carbocycles. The normalized spacial score (nSPS) is 10.2. The number of rotatable bonds is 1. The van der Waals surface area contributed by atoms with E-state index < -0.39 is 5.97 Å². The van der Waals surface area contributed by atoms with Crippen molar-refractivity contribution < 1.29 is 14.6 Å². The van der Waals surface area contributed by atoms with Gasteiger partial charge in [-0.2, -0.15) is 0 Å². The number of hydrogen-bond acceptors (Lipinski definition) is 4. The standard InChI is InChI=1S/C11H9NO3/c1-15-11(14)9-8-5-3-2-4-7(8)6-12-10(9)13/h2-6H,1H3,(H,12,13). The second-order valence-electron chi connectivity index (χ2n) is 3.04. The van der Waals surface area contributed by atoms with Crippen molar-refractivity contribution in [3.8, 4) is 5.88 Å². The van der Waals surface area contributed by atoms with Gasteiger partial charge in [0.15, 0.2) is 0 Å². The number of aromatic hydroxyl groups is 1. The molecule has 0 unspecified atom stereocenters. The number of nitrogens with zero attached hydrogens (tertiary/aromatic N) is 1. The van der Waals surface area contributed by atoms with Gasteiger partial charge in [-0.1, -0.05) is 24.3 Å². The van der Waals surface area contributed by atoms with Crippen LogP contribution in [0.3, 0.4) is 0 Å². The third kappa shape index (κ3) is 1.50. The van der Waals surface area contributed by atoms with Crippen LogP contribution in [-0.2, 0) is 4.74 Å². The Balaban J connectivity index is 2.79. The number of esters is 1. The molecule has 2 aromatic rings. The number of carbonyl (C=O) groups is 1. The molecular weight excluding hydrogens is 194 g/mol. The van der Waals surface area contributed by atoms with Crippen molar-refractivity contribution >= 4 is 16.7 Å². The molecule has 76 valence electrons. The summed E-state index contributed by atoms with van der Waals surface area (Å²) in [6.45, 7) is 0. The summed E-state index contributed by atoms with van der Waals surface area (Å²) in [6, 6.07) is 7.17. The van der Waals surface area contributed by atoms with Crippen LogP contribution in [0.15, 0.2) is 30.5 Å². The van der Waals surface area contributed by atoms with E-state index in [1.54, 1.807) is 12.1 Å². The Morgan fingerprint density at radius 2 is 2.13 bits per heavy atom. The Labute approximate surface area is 86.1 Å². The van der Waals surface area contributed by atoms with E-state index in [1.807, 2.05) is 12.1 Å². The lowest BCUT2D eigenvalue weighted by Gasteiger charge is -2.05. The van der Waals surface area contributed by atoms with Gasteiger partial charge in [0, 0.05) is 17.0 Å². The van der Waals surface area contributed by atoms with E-state index in [9.17, 15) is 9.90 Å². The molecule has 15 heavy (non-hydrogen) atoms. The van der Waals surface area contributed by atoms with Crippen molar-refractivity contribution in [2.45, 2.75) is 0 Å². The van der Waals surface area contributed by atoms with Gasteiger partial charge < -0.3 is 9.84 Å².